The van der Waals surface area contributed by atoms with Gasteiger partial charge in [-0.15, -0.1) is 0 Å². The lowest BCUT2D eigenvalue weighted by atomic mass is 10.2. The summed E-state index contributed by atoms with van der Waals surface area (Å²) in [7, 11) is 0. The van der Waals surface area contributed by atoms with E-state index in [1.165, 1.54) is 6.33 Å². The van der Waals surface area contributed by atoms with Crippen molar-refractivity contribution in [1.82, 2.24) is 9.97 Å². The number of hydrogen-bond donors (Lipinski definition) is 1. The Hall–Kier alpha value is -1.69. The Morgan fingerprint density at radius 2 is 2.30 bits per heavy atom. The van der Waals surface area contributed by atoms with Crippen LogP contribution >= 0.6 is 0 Å². The van der Waals surface area contributed by atoms with Crippen molar-refractivity contribution in [2.75, 3.05) is 18.5 Å². The molecule has 110 valence electrons. The SMILES string of the molecule is CC(C)(C)OC(=O)CNc1cc(C2CCCO2)ncn1. The van der Waals surface area contributed by atoms with Crippen LogP contribution in [0.1, 0.15) is 45.4 Å². The quantitative estimate of drug-likeness (QED) is 0.851. The van der Waals surface area contributed by atoms with Crippen molar-refractivity contribution in [3.63, 3.8) is 0 Å². The second-order valence-electron chi connectivity index (χ2n) is 5.77. The van der Waals surface area contributed by atoms with Gasteiger partial charge in [0.05, 0.1) is 11.8 Å². The van der Waals surface area contributed by atoms with Gasteiger partial charge in [-0.05, 0) is 33.6 Å². The molecule has 0 saturated carbocycles. The monoisotopic (exact) mass is 279 g/mol. The summed E-state index contributed by atoms with van der Waals surface area (Å²) in [5.74, 6) is 0.297. The Morgan fingerprint density at radius 1 is 1.50 bits per heavy atom. The van der Waals surface area contributed by atoms with E-state index in [1.807, 2.05) is 26.8 Å². The Labute approximate surface area is 118 Å². The molecule has 0 radical (unpaired) electrons. The van der Waals surface area contributed by atoms with Crippen molar-refractivity contribution in [2.45, 2.75) is 45.3 Å². The van der Waals surface area contributed by atoms with Crippen molar-refractivity contribution < 1.29 is 14.3 Å². The molecule has 0 amide bonds. The number of esters is 1. The lowest BCUT2D eigenvalue weighted by Crippen LogP contribution is -2.28. The molecule has 1 fully saturated rings. The van der Waals surface area contributed by atoms with Gasteiger partial charge in [-0.1, -0.05) is 0 Å². The largest absolute Gasteiger partial charge is 0.459 e. The Kier molecular flexibility index (Phi) is 4.54. The fourth-order valence-electron chi connectivity index (χ4n) is 2.00. The lowest BCUT2D eigenvalue weighted by molar-refractivity contribution is -0.152. The summed E-state index contributed by atoms with van der Waals surface area (Å²) < 4.78 is 10.8. The number of aromatic nitrogens is 2. The maximum Gasteiger partial charge on any atom is 0.325 e. The first kappa shape index (κ1) is 14.7. The number of hydrogen-bond acceptors (Lipinski definition) is 6. The Balaban J connectivity index is 1.90. The van der Waals surface area contributed by atoms with Crippen molar-refractivity contribution in [2.24, 2.45) is 0 Å². The summed E-state index contributed by atoms with van der Waals surface area (Å²) in [6.07, 6.45) is 3.55. The number of anilines is 1. The fourth-order valence-corrected chi connectivity index (χ4v) is 2.00. The third kappa shape index (κ3) is 4.45. The van der Waals surface area contributed by atoms with E-state index in [2.05, 4.69) is 15.3 Å². The molecule has 6 heteroatoms. The van der Waals surface area contributed by atoms with Gasteiger partial charge in [0, 0.05) is 12.7 Å². The molecule has 0 aromatic carbocycles. The van der Waals surface area contributed by atoms with Crippen LogP contribution in [0.25, 0.3) is 0 Å². The van der Waals surface area contributed by atoms with Crippen LogP contribution < -0.4 is 5.32 Å². The van der Waals surface area contributed by atoms with Crippen LogP contribution in [0, 0.1) is 0 Å². The van der Waals surface area contributed by atoms with E-state index >= 15 is 0 Å². The van der Waals surface area contributed by atoms with E-state index in [4.69, 9.17) is 9.47 Å². The van der Waals surface area contributed by atoms with Gasteiger partial charge in [-0.2, -0.15) is 0 Å². The molecule has 0 spiro atoms. The number of nitrogens with one attached hydrogen (secondary N) is 1. The zero-order chi connectivity index (χ0) is 14.6. The molecule has 1 aliphatic rings. The minimum Gasteiger partial charge on any atom is -0.459 e. The van der Waals surface area contributed by atoms with Gasteiger partial charge >= 0.3 is 5.97 Å². The highest BCUT2D eigenvalue weighted by molar-refractivity contribution is 5.74. The van der Waals surface area contributed by atoms with Crippen LogP contribution in [0.4, 0.5) is 5.82 Å². The third-order valence-electron chi connectivity index (χ3n) is 2.78. The van der Waals surface area contributed by atoms with Gasteiger partial charge < -0.3 is 14.8 Å². The van der Waals surface area contributed by atoms with Crippen LogP contribution in [-0.4, -0.2) is 34.7 Å². The Morgan fingerprint density at radius 3 is 2.95 bits per heavy atom. The summed E-state index contributed by atoms with van der Waals surface area (Å²) in [6.45, 7) is 6.37. The molecule has 1 aliphatic heterocycles. The number of rotatable bonds is 4. The second-order valence-corrected chi connectivity index (χ2v) is 5.77. The summed E-state index contributed by atoms with van der Waals surface area (Å²) in [5, 5.41) is 2.95. The van der Waals surface area contributed by atoms with Crippen LogP contribution in [0.5, 0.6) is 0 Å². The van der Waals surface area contributed by atoms with Gasteiger partial charge in [-0.25, -0.2) is 9.97 Å². The number of carbonyl (C=O) groups is 1. The Bertz CT molecular complexity index is 465. The minimum atomic E-state index is -0.479. The molecule has 20 heavy (non-hydrogen) atoms. The summed E-state index contributed by atoms with van der Waals surface area (Å²) in [6, 6.07) is 1.82. The van der Waals surface area contributed by atoms with E-state index in [0.29, 0.717) is 5.82 Å². The zero-order valence-corrected chi connectivity index (χ0v) is 12.2. The first-order chi connectivity index (χ1) is 9.44. The highest BCUT2D eigenvalue weighted by atomic mass is 16.6. The van der Waals surface area contributed by atoms with Crippen molar-refractivity contribution >= 4 is 11.8 Å². The molecule has 1 N–H and O–H groups in total. The standard InChI is InChI=1S/C14H21N3O3/c1-14(2,3)20-13(18)8-15-12-7-10(16-9-17-12)11-5-4-6-19-11/h7,9,11H,4-6,8H2,1-3H3,(H,15,16,17). The minimum absolute atomic E-state index is 0.0417. The highest BCUT2D eigenvalue weighted by Crippen LogP contribution is 2.27. The molecule has 0 aliphatic carbocycles. The topological polar surface area (TPSA) is 73.3 Å². The molecule has 6 nitrogen and oxygen atoms in total. The lowest BCUT2D eigenvalue weighted by Gasteiger charge is -2.19. The van der Waals surface area contributed by atoms with Crippen LogP contribution in [0.3, 0.4) is 0 Å². The maximum atomic E-state index is 11.6. The van der Waals surface area contributed by atoms with E-state index in [-0.39, 0.29) is 18.6 Å². The molecule has 1 unspecified atom stereocenters. The van der Waals surface area contributed by atoms with Gasteiger partial charge in [-0.3, -0.25) is 4.79 Å². The van der Waals surface area contributed by atoms with Gasteiger partial charge in [0.1, 0.15) is 24.3 Å². The zero-order valence-electron chi connectivity index (χ0n) is 12.2. The number of carbonyl (C=O) groups excluding carboxylic acids is 1. The van der Waals surface area contributed by atoms with E-state index in [0.717, 1.165) is 25.1 Å². The molecule has 2 rings (SSSR count). The van der Waals surface area contributed by atoms with Gasteiger partial charge in [0.25, 0.3) is 0 Å². The number of nitrogens with zero attached hydrogens (tertiary/aromatic N) is 2. The van der Waals surface area contributed by atoms with Crippen LogP contribution in [0.15, 0.2) is 12.4 Å². The summed E-state index contributed by atoms with van der Waals surface area (Å²) in [5.41, 5.74) is 0.372. The third-order valence-corrected chi connectivity index (χ3v) is 2.78. The average molecular weight is 279 g/mol. The highest BCUT2D eigenvalue weighted by Gasteiger charge is 2.20. The van der Waals surface area contributed by atoms with Gasteiger partial charge in [0.2, 0.25) is 0 Å². The predicted octanol–water partition coefficient (Wildman–Crippen LogP) is 2.08. The first-order valence-corrected chi connectivity index (χ1v) is 6.83. The molecule has 0 bridgehead atoms. The second kappa shape index (κ2) is 6.17. The van der Waals surface area contributed by atoms with Crippen LogP contribution in [-0.2, 0) is 14.3 Å². The fraction of sp³-hybridized carbons (Fsp3) is 0.643. The first-order valence-electron chi connectivity index (χ1n) is 6.83. The van der Waals surface area contributed by atoms with E-state index < -0.39 is 5.60 Å². The molecule has 1 saturated heterocycles. The normalized spacial score (nSPS) is 18.9. The van der Waals surface area contributed by atoms with Crippen molar-refractivity contribution in [3.8, 4) is 0 Å². The molecular weight excluding hydrogens is 258 g/mol. The molecule has 1 aromatic rings. The maximum absolute atomic E-state index is 11.6. The molecule has 2 heterocycles. The van der Waals surface area contributed by atoms with Crippen molar-refractivity contribution in [1.29, 1.82) is 0 Å². The molecule has 1 aromatic heterocycles. The smallest absolute Gasteiger partial charge is 0.325 e. The summed E-state index contributed by atoms with van der Waals surface area (Å²) in [4.78, 5) is 19.9. The molecule has 1 atom stereocenters. The van der Waals surface area contributed by atoms with Crippen LogP contribution in [0.2, 0.25) is 0 Å². The summed E-state index contributed by atoms with van der Waals surface area (Å²) >= 11 is 0. The average Bonchev–Trinajstić information content (AvgIpc) is 2.88. The predicted molar refractivity (Wildman–Crippen MR) is 74.3 cm³/mol. The van der Waals surface area contributed by atoms with E-state index in [9.17, 15) is 4.79 Å². The molecular formula is C14H21N3O3. The van der Waals surface area contributed by atoms with Crippen molar-refractivity contribution in [3.05, 3.63) is 18.1 Å². The van der Waals surface area contributed by atoms with Gasteiger partial charge in [0.15, 0.2) is 0 Å². The van der Waals surface area contributed by atoms with E-state index in [1.54, 1.807) is 0 Å². The number of ether oxygens (including phenoxy) is 2.